The zero-order chi connectivity index (χ0) is 17.1. The Morgan fingerprint density at radius 2 is 1.96 bits per heavy atom. The quantitative estimate of drug-likeness (QED) is 0.822. The van der Waals surface area contributed by atoms with Crippen molar-refractivity contribution >= 4 is 30.7 Å². The van der Waals surface area contributed by atoms with Gasteiger partial charge in [0.2, 0.25) is 5.91 Å². The molecule has 26 heavy (non-hydrogen) atoms. The smallest absolute Gasteiger partial charge is 0.239 e. The number of amides is 1. The van der Waals surface area contributed by atoms with Crippen LogP contribution in [0.2, 0.25) is 0 Å². The van der Waals surface area contributed by atoms with Gasteiger partial charge in [0, 0.05) is 51.3 Å². The molecule has 1 amide bonds. The van der Waals surface area contributed by atoms with Gasteiger partial charge in [0.1, 0.15) is 17.7 Å². The minimum Gasteiger partial charge on any atom is -0.496 e. The second kappa shape index (κ2) is 10.3. The predicted octanol–water partition coefficient (Wildman–Crippen LogP) is 2.02. The van der Waals surface area contributed by atoms with E-state index in [1.807, 2.05) is 0 Å². The van der Waals surface area contributed by atoms with Gasteiger partial charge in [0.05, 0.1) is 13.2 Å². The summed E-state index contributed by atoms with van der Waals surface area (Å²) in [6.45, 7) is 3.46. The van der Waals surface area contributed by atoms with E-state index in [2.05, 4.69) is 10.2 Å². The molecule has 2 aliphatic heterocycles. The first-order chi connectivity index (χ1) is 11.6. The van der Waals surface area contributed by atoms with Gasteiger partial charge in [-0.2, -0.15) is 0 Å². The van der Waals surface area contributed by atoms with Gasteiger partial charge >= 0.3 is 0 Å². The van der Waals surface area contributed by atoms with Crippen LogP contribution in [0.15, 0.2) is 18.2 Å². The highest BCUT2D eigenvalue weighted by molar-refractivity contribution is 5.85. The Morgan fingerprint density at radius 3 is 2.54 bits per heavy atom. The highest BCUT2D eigenvalue weighted by Crippen LogP contribution is 2.22. The molecule has 2 atom stereocenters. The van der Waals surface area contributed by atoms with Crippen molar-refractivity contribution in [2.45, 2.75) is 25.2 Å². The van der Waals surface area contributed by atoms with E-state index >= 15 is 0 Å². The average molecular weight is 412 g/mol. The van der Waals surface area contributed by atoms with Gasteiger partial charge in [0.25, 0.3) is 0 Å². The topological polar surface area (TPSA) is 44.8 Å². The van der Waals surface area contributed by atoms with Gasteiger partial charge < -0.3 is 15.0 Å². The lowest BCUT2D eigenvalue weighted by molar-refractivity contribution is -0.135. The molecule has 1 aromatic rings. The Bertz CT molecular complexity index is 601. The van der Waals surface area contributed by atoms with E-state index in [1.54, 1.807) is 18.1 Å². The molecule has 0 spiro atoms. The molecule has 0 aliphatic carbocycles. The molecule has 0 aromatic heterocycles. The fourth-order valence-electron chi connectivity index (χ4n) is 3.34. The van der Waals surface area contributed by atoms with Crippen molar-refractivity contribution in [3.05, 3.63) is 29.6 Å². The first kappa shape index (κ1) is 22.9. The van der Waals surface area contributed by atoms with Crippen molar-refractivity contribution in [1.29, 1.82) is 0 Å². The molecule has 3 rings (SSSR count). The summed E-state index contributed by atoms with van der Waals surface area (Å²) < 4.78 is 31.9. The lowest BCUT2D eigenvalue weighted by Crippen LogP contribution is -2.52. The van der Waals surface area contributed by atoms with E-state index in [4.69, 9.17) is 4.74 Å². The standard InChI is InChI=1S/C17H23F2N3O2.2ClH/c1-24-16-3-2-13(18)8-12(16)11-21-4-6-22(7-5-21)17(23)15-9-14(19)10-20-15;;/h2-3,8,14-15,20H,4-7,9-11H2,1H3;2*1H/t14-,15+;;/m0../s1. The van der Waals surface area contributed by atoms with E-state index in [0.717, 1.165) is 5.56 Å². The SMILES string of the molecule is COc1ccc(F)cc1CN1CCN(C(=O)[C@H]2C[C@H](F)CN2)CC1.Cl.Cl. The summed E-state index contributed by atoms with van der Waals surface area (Å²) in [6, 6.07) is 4.10. The highest BCUT2D eigenvalue weighted by Gasteiger charge is 2.33. The maximum absolute atomic E-state index is 13.4. The van der Waals surface area contributed by atoms with Gasteiger partial charge in [-0.25, -0.2) is 8.78 Å². The van der Waals surface area contributed by atoms with Crippen LogP contribution in [0.4, 0.5) is 8.78 Å². The highest BCUT2D eigenvalue weighted by atomic mass is 35.5. The van der Waals surface area contributed by atoms with Crippen molar-refractivity contribution in [1.82, 2.24) is 15.1 Å². The number of hydrogen-bond donors (Lipinski definition) is 1. The zero-order valence-corrected chi connectivity index (χ0v) is 16.3. The number of carbonyl (C=O) groups excluding carboxylic acids is 1. The van der Waals surface area contributed by atoms with Crippen LogP contribution in [0.1, 0.15) is 12.0 Å². The monoisotopic (exact) mass is 411 g/mol. The van der Waals surface area contributed by atoms with Crippen LogP contribution in [-0.4, -0.2) is 67.8 Å². The lowest BCUT2D eigenvalue weighted by Gasteiger charge is -2.36. The number of methoxy groups -OCH3 is 1. The summed E-state index contributed by atoms with van der Waals surface area (Å²) >= 11 is 0. The van der Waals surface area contributed by atoms with Gasteiger partial charge in [-0.1, -0.05) is 0 Å². The number of halogens is 4. The summed E-state index contributed by atoms with van der Waals surface area (Å²) in [5.74, 6) is 0.366. The molecule has 0 radical (unpaired) electrons. The molecular weight excluding hydrogens is 387 g/mol. The minimum absolute atomic E-state index is 0. The van der Waals surface area contributed by atoms with Crippen molar-refractivity contribution < 1.29 is 18.3 Å². The van der Waals surface area contributed by atoms with E-state index in [1.165, 1.54) is 12.1 Å². The second-order valence-corrected chi connectivity index (χ2v) is 6.35. The molecule has 5 nitrogen and oxygen atoms in total. The van der Waals surface area contributed by atoms with Crippen molar-refractivity contribution in [3.8, 4) is 5.75 Å². The number of nitrogens with one attached hydrogen (secondary N) is 1. The Morgan fingerprint density at radius 1 is 1.27 bits per heavy atom. The van der Waals surface area contributed by atoms with E-state index in [0.29, 0.717) is 38.5 Å². The third kappa shape index (κ3) is 5.42. The van der Waals surface area contributed by atoms with Gasteiger partial charge in [-0.3, -0.25) is 9.69 Å². The van der Waals surface area contributed by atoms with Crippen LogP contribution < -0.4 is 10.1 Å². The fraction of sp³-hybridized carbons (Fsp3) is 0.588. The number of hydrogen-bond acceptors (Lipinski definition) is 4. The number of ether oxygens (including phenoxy) is 1. The van der Waals surface area contributed by atoms with Crippen LogP contribution >= 0.6 is 24.8 Å². The number of nitrogens with zero attached hydrogens (tertiary/aromatic N) is 2. The van der Waals surface area contributed by atoms with Crippen molar-refractivity contribution in [2.75, 3.05) is 39.8 Å². The molecular formula is C17H25Cl2F2N3O2. The van der Waals surface area contributed by atoms with Crippen LogP contribution in [0.25, 0.3) is 0 Å². The summed E-state index contributed by atoms with van der Waals surface area (Å²) in [7, 11) is 1.57. The number of piperazine rings is 1. The number of alkyl halides is 1. The second-order valence-electron chi connectivity index (χ2n) is 6.35. The largest absolute Gasteiger partial charge is 0.496 e. The van der Waals surface area contributed by atoms with Crippen molar-refractivity contribution in [2.24, 2.45) is 0 Å². The van der Waals surface area contributed by atoms with Crippen LogP contribution in [-0.2, 0) is 11.3 Å². The maximum atomic E-state index is 13.4. The molecule has 1 aromatic carbocycles. The molecule has 1 N–H and O–H groups in total. The van der Waals surface area contributed by atoms with E-state index in [9.17, 15) is 13.6 Å². The van der Waals surface area contributed by atoms with E-state index < -0.39 is 12.2 Å². The van der Waals surface area contributed by atoms with Crippen LogP contribution in [0, 0.1) is 5.82 Å². The van der Waals surface area contributed by atoms with E-state index in [-0.39, 0.29) is 49.5 Å². The van der Waals surface area contributed by atoms with Gasteiger partial charge in [-0.15, -0.1) is 24.8 Å². The molecule has 148 valence electrons. The molecule has 9 heteroatoms. The molecule has 2 saturated heterocycles. The number of carbonyl (C=O) groups is 1. The summed E-state index contributed by atoms with van der Waals surface area (Å²) in [6.07, 6.45) is -0.666. The number of benzene rings is 1. The first-order valence-corrected chi connectivity index (χ1v) is 8.28. The lowest BCUT2D eigenvalue weighted by atomic mass is 10.1. The normalized spacial score (nSPS) is 23.1. The third-order valence-electron chi connectivity index (χ3n) is 4.70. The van der Waals surface area contributed by atoms with Crippen molar-refractivity contribution in [3.63, 3.8) is 0 Å². The first-order valence-electron chi connectivity index (χ1n) is 8.28. The van der Waals surface area contributed by atoms with Crippen LogP contribution in [0.5, 0.6) is 5.75 Å². The van der Waals surface area contributed by atoms with Gasteiger partial charge in [-0.05, 0) is 18.2 Å². The summed E-state index contributed by atoms with van der Waals surface area (Å²) in [5.41, 5.74) is 0.801. The summed E-state index contributed by atoms with van der Waals surface area (Å²) in [4.78, 5) is 16.3. The molecule has 2 aliphatic rings. The number of rotatable bonds is 4. The third-order valence-corrected chi connectivity index (χ3v) is 4.70. The Kier molecular flexibility index (Phi) is 9.03. The Balaban J connectivity index is 0.00000169. The Labute approximate surface area is 164 Å². The van der Waals surface area contributed by atoms with Crippen LogP contribution in [0.3, 0.4) is 0 Å². The average Bonchev–Trinajstić information content (AvgIpc) is 3.02. The zero-order valence-electron chi connectivity index (χ0n) is 14.6. The summed E-state index contributed by atoms with van der Waals surface area (Å²) in [5, 5.41) is 2.94. The molecule has 2 fully saturated rings. The predicted molar refractivity (Wildman–Crippen MR) is 101 cm³/mol. The fourth-order valence-corrected chi connectivity index (χ4v) is 3.34. The molecule has 2 heterocycles. The Hall–Kier alpha value is -1.15. The molecule has 0 unspecified atom stereocenters. The van der Waals surface area contributed by atoms with Gasteiger partial charge in [0.15, 0.2) is 0 Å². The molecule has 0 bridgehead atoms. The maximum Gasteiger partial charge on any atom is 0.239 e. The minimum atomic E-state index is -0.930. The molecule has 0 saturated carbocycles.